The van der Waals surface area contributed by atoms with Gasteiger partial charge in [-0.1, -0.05) is 6.92 Å². The van der Waals surface area contributed by atoms with Gasteiger partial charge in [-0.3, -0.25) is 0 Å². The minimum Gasteiger partial charge on any atom is -0.320 e. The lowest BCUT2D eigenvalue weighted by Crippen LogP contribution is -2.01. The predicted octanol–water partition coefficient (Wildman–Crippen LogP) is 0.472. The minimum absolute atomic E-state index is 0. The van der Waals surface area contributed by atoms with Crippen molar-refractivity contribution in [1.82, 2.24) is 5.32 Å². The van der Waals surface area contributed by atoms with Crippen molar-refractivity contribution in [3.63, 3.8) is 0 Å². The summed E-state index contributed by atoms with van der Waals surface area (Å²) in [7, 11) is 1.93. The van der Waals surface area contributed by atoms with E-state index in [1.54, 1.807) is 0 Å². The van der Waals surface area contributed by atoms with Gasteiger partial charge >= 0.3 is 0 Å². The van der Waals surface area contributed by atoms with Crippen molar-refractivity contribution in [3.05, 3.63) is 0 Å². The van der Waals surface area contributed by atoms with Crippen LogP contribution in [0.25, 0.3) is 0 Å². The van der Waals surface area contributed by atoms with Crippen LogP contribution >= 0.6 is 0 Å². The maximum absolute atomic E-state index is 2.93. The molecule has 0 rings (SSSR count). The van der Waals surface area contributed by atoms with Crippen molar-refractivity contribution in [2.45, 2.75) is 6.92 Å². The van der Waals surface area contributed by atoms with Gasteiger partial charge in [-0.15, -0.1) is 0 Å². The maximum atomic E-state index is 2.93. The summed E-state index contributed by atoms with van der Waals surface area (Å²) < 4.78 is 0. The molecule has 0 aromatic carbocycles. The monoisotopic (exact) mass is 61.1 g/mol. The summed E-state index contributed by atoms with van der Waals surface area (Å²) in [6.07, 6.45) is 0. The van der Waals surface area contributed by atoms with Crippen LogP contribution in [0.3, 0.4) is 0 Å². The highest BCUT2D eigenvalue weighted by molar-refractivity contribution is 4.15. The number of hydrogen-bond donors (Lipinski definition) is 1. The first-order valence-electron chi connectivity index (χ1n) is 1.56. The molecular weight excluding hydrogens is 50.0 g/mol. The molecule has 1 nitrogen and oxygen atoms in total. The molecule has 0 aromatic heterocycles. The average molecular weight is 61.1 g/mol. The maximum Gasteiger partial charge on any atom is 0 e. The fraction of sp³-hybridized carbons (Fsp3) is 1.00. The van der Waals surface area contributed by atoms with Crippen LogP contribution in [0.2, 0.25) is 0 Å². The van der Waals surface area contributed by atoms with E-state index >= 15 is 0 Å². The number of nitrogens with one attached hydrogen (secondary N) is 1. The number of rotatable bonds is 1. The van der Waals surface area contributed by atoms with Crippen molar-refractivity contribution in [2.75, 3.05) is 13.6 Å². The summed E-state index contributed by atoms with van der Waals surface area (Å²) in [5, 5.41) is 2.93. The van der Waals surface area contributed by atoms with Crippen molar-refractivity contribution < 1.29 is 1.43 Å². The molecule has 0 aliphatic rings. The van der Waals surface area contributed by atoms with Crippen LogP contribution in [0.4, 0.5) is 0 Å². The summed E-state index contributed by atoms with van der Waals surface area (Å²) in [5.74, 6) is 0. The largest absolute Gasteiger partial charge is 0.320 e. The minimum atomic E-state index is 0. The van der Waals surface area contributed by atoms with E-state index in [-0.39, 0.29) is 1.43 Å². The summed E-state index contributed by atoms with van der Waals surface area (Å²) in [6.45, 7) is 3.14. The van der Waals surface area contributed by atoms with Crippen LogP contribution in [-0.2, 0) is 0 Å². The molecule has 0 aliphatic carbocycles. The molecule has 28 valence electrons. The zero-order chi connectivity index (χ0) is 3.41. The van der Waals surface area contributed by atoms with E-state index < -0.39 is 0 Å². The highest BCUT2D eigenvalue weighted by Gasteiger charge is 1.50. The Morgan fingerprint density at radius 1 is 2.00 bits per heavy atom. The van der Waals surface area contributed by atoms with Crippen molar-refractivity contribution in [1.29, 1.82) is 0 Å². The Morgan fingerprint density at radius 3 is 2.25 bits per heavy atom. The molecule has 0 spiro atoms. The second kappa shape index (κ2) is 2.96. The van der Waals surface area contributed by atoms with Gasteiger partial charge in [0.05, 0.1) is 0 Å². The van der Waals surface area contributed by atoms with E-state index in [4.69, 9.17) is 0 Å². The summed E-state index contributed by atoms with van der Waals surface area (Å²) in [5.41, 5.74) is 0. The highest BCUT2D eigenvalue weighted by Crippen LogP contribution is 1.34. The lowest BCUT2D eigenvalue weighted by atomic mass is 10.8. The third kappa shape index (κ3) is 1.96. The molecule has 0 aromatic rings. The molecule has 0 heterocycles. The first-order chi connectivity index (χ1) is 1.91. The van der Waals surface area contributed by atoms with Crippen LogP contribution in [0.15, 0.2) is 0 Å². The van der Waals surface area contributed by atoms with Gasteiger partial charge in [-0.2, -0.15) is 0 Å². The summed E-state index contributed by atoms with van der Waals surface area (Å²) >= 11 is 0. The van der Waals surface area contributed by atoms with Gasteiger partial charge in [-0.25, -0.2) is 0 Å². The Kier molecular flexibility index (Phi) is 2.93. The first-order valence-corrected chi connectivity index (χ1v) is 1.56. The molecule has 0 amide bonds. The average Bonchev–Trinajstić information content (AvgIpc) is 1.37. The molecule has 0 atom stereocenters. The van der Waals surface area contributed by atoms with E-state index in [1.165, 1.54) is 0 Å². The van der Waals surface area contributed by atoms with Crippen molar-refractivity contribution in [3.8, 4) is 0 Å². The topological polar surface area (TPSA) is 12.0 Å². The lowest BCUT2D eigenvalue weighted by Gasteiger charge is -1.76. The zero-order valence-corrected chi connectivity index (χ0v) is 3.21. The normalized spacial score (nSPS) is 7.50. The van der Waals surface area contributed by atoms with Crippen LogP contribution < -0.4 is 5.32 Å². The van der Waals surface area contributed by atoms with E-state index in [0.29, 0.717) is 0 Å². The standard InChI is InChI=1S/C3H9N.H2/c1-3-4-2;/h4H,3H2,1-2H3;1H. The van der Waals surface area contributed by atoms with Crippen LogP contribution in [-0.4, -0.2) is 13.6 Å². The Balaban J connectivity index is 0. The molecule has 0 saturated carbocycles. The van der Waals surface area contributed by atoms with Gasteiger partial charge < -0.3 is 5.32 Å². The van der Waals surface area contributed by atoms with Gasteiger partial charge in [0.15, 0.2) is 0 Å². The smallest absolute Gasteiger partial charge is 0 e. The van der Waals surface area contributed by atoms with E-state index in [9.17, 15) is 0 Å². The summed E-state index contributed by atoms with van der Waals surface area (Å²) in [6, 6.07) is 0. The van der Waals surface area contributed by atoms with E-state index in [0.717, 1.165) is 6.54 Å². The molecule has 1 heteroatoms. The molecule has 4 heavy (non-hydrogen) atoms. The van der Waals surface area contributed by atoms with Gasteiger partial charge in [0, 0.05) is 1.43 Å². The fourth-order valence-corrected chi connectivity index (χ4v) is 0. The second-order valence-corrected chi connectivity index (χ2v) is 0.707. The Morgan fingerprint density at radius 2 is 2.25 bits per heavy atom. The highest BCUT2D eigenvalue weighted by atomic mass is 14.8. The molecule has 0 saturated heterocycles. The molecule has 0 bridgehead atoms. The molecule has 0 radical (unpaired) electrons. The van der Waals surface area contributed by atoms with Crippen LogP contribution in [0, 0.1) is 0 Å². The number of hydrogen-bond acceptors (Lipinski definition) is 1. The second-order valence-electron chi connectivity index (χ2n) is 0.707. The third-order valence-corrected chi connectivity index (χ3v) is 0.354. The Hall–Kier alpha value is -0.0400. The van der Waals surface area contributed by atoms with Gasteiger partial charge in [0.25, 0.3) is 0 Å². The molecular formula is C3H11N. The van der Waals surface area contributed by atoms with E-state index in [2.05, 4.69) is 12.2 Å². The Labute approximate surface area is 28.5 Å². The zero-order valence-electron chi connectivity index (χ0n) is 3.21. The van der Waals surface area contributed by atoms with Crippen molar-refractivity contribution >= 4 is 0 Å². The Bertz CT molecular complexity index is 8.85. The van der Waals surface area contributed by atoms with Crippen molar-refractivity contribution in [2.24, 2.45) is 0 Å². The SMILES string of the molecule is CCNC.[HH]. The van der Waals surface area contributed by atoms with E-state index in [1.807, 2.05) is 7.05 Å². The third-order valence-electron chi connectivity index (χ3n) is 0.354. The predicted molar refractivity (Wildman–Crippen MR) is 21.7 cm³/mol. The van der Waals surface area contributed by atoms with Gasteiger partial charge in [-0.05, 0) is 13.6 Å². The molecule has 0 aliphatic heterocycles. The summed E-state index contributed by atoms with van der Waals surface area (Å²) in [4.78, 5) is 0. The first kappa shape index (κ1) is 3.96. The quantitative estimate of drug-likeness (QED) is 0.464. The fourth-order valence-electron chi connectivity index (χ4n) is 0. The molecule has 0 fully saturated rings. The van der Waals surface area contributed by atoms with Gasteiger partial charge in [0.2, 0.25) is 0 Å². The van der Waals surface area contributed by atoms with Crippen LogP contribution in [0.1, 0.15) is 8.35 Å². The lowest BCUT2D eigenvalue weighted by molar-refractivity contribution is 0.864. The van der Waals surface area contributed by atoms with Gasteiger partial charge in [0.1, 0.15) is 0 Å². The molecule has 0 unspecified atom stereocenters. The van der Waals surface area contributed by atoms with Crippen LogP contribution in [0.5, 0.6) is 0 Å². The molecule has 1 N–H and O–H groups in total.